The summed E-state index contributed by atoms with van der Waals surface area (Å²) < 4.78 is 5.14. The third-order valence-corrected chi connectivity index (χ3v) is 6.90. The van der Waals surface area contributed by atoms with Crippen LogP contribution in [0.2, 0.25) is 0 Å². The molecular weight excluding hydrogens is 414 g/mol. The van der Waals surface area contributed by atoms with E-state index in [9.17, 15) is 10.1 Å². The van der Waals surface area contributed by atoms with Crippen molar-refractivity contribution in [3.8, 4) is 22.3 Å². The lowest BCUT2D eigenvalue weighted by Gasteiger charge is -2.21. The maximum atomic E-state index is 12.5. The minimum absolute atomic E-state index is 0.133. The van der Waals surface area contributed by atoms with E-state index < -0.39 is 0 Å². The van der Waals surface area contributed by atoms with Crippen LogP contribution in [0.3, 0.4) is 0 Å². The van der Waals surface area contributed by atoms with Crippen molar-refractivity contribution in [2.45, 2.75) is 30.7 Å². The Labute approximate surface area is 184 Å². The molecular formula is C23H21N3O2S2. The number of thiophene rings is 1. The third-order valence-electron chi connectivity index (χ3n) is 5.03. The predicted molar refractivity (Wildman–Crippen MR) is 121 cm³/mol. The van der Waals surface area contributed by atoms with Crippen LogP contribution in [-0.4, -0.2) is 23.8 Å². The summed E-state index contributed by atoms with van der Waals surface area (Å²) in [7, 11) is 1.60. The molecule has 0 aliphatic heterocycles. The standard InChI is InChI=1S/C23H21N3O2S2/c1-28-16-10-8-15(9-11-16)25-21(27)14-30-23-18(13-24)22(20-7-4-12-29-20)17-5-2-3-6-19(17)26-23/h4,7-12H,2-3,5-6,14H2,1H3,(H,25,27). The first kappa shape index (κ1) is 20.5. The number of thioether (sulfide) groups is 1. The van der Waals surface area contributed by atoms with Crippen LogP contribution in [0.15, 0.2) is 46.8 Å². The number of carbonyl (C=O) groups is 1. The summed E-state index contributed by atoms with van der Waals surface area (Å²) in [5, 5.41) is 15.5. The van der Waals surface area contributed by atoms with Gasteiger partial charge in [0.15, 0.2) is 0 Å². The highest BCUT2D eigenvalue weighted by Gasteiger charge is 2.24. The Morgan fingerprint density at radius 3 is 2.77 bits per heavy atom. The molecule has 7 heteroatoms. The summed E-state index contributed by atoms with van der Waals surface area (Å²) in [6.45, 7) is 0. The second kappa shape index (κ2) is 9.33. The van der Waals surface area contributed by atoms with E-state index in [1.54, 1.807) is 42.7 Å². The zero-order valence-corrected chi connectivity index (χ0v) is 18.2. The quantitative estimate of drug-likeness (QED) is 0.532. The van der Waals surface area contributed by atoms with Crippen LogP contribution in [-0.2, 0) is 17.6 Å². The minimum atomic E-state index is -0.133. The monoisotopic (exact) mass is 435 g/mol. The number of aryl methyl sites for hydroxylation is 1. The normalized spacial score (nSPS) is 12.7. The van der Waals surface area contributed by atoms with Gasteiger partial charge in [0.2, 0.25) is 5.91 Å². The largest absolute Gasteiger partial charge is 0.497 e. The van der Waals surface area contributed by atoms with Crippen LogP contribution < -0.4 is 10.1 Å². The number of nitriles is 1. The zero-order chi connectivity index (χ0) is 20.9. The molecule has 3 aromatic rings. The molecule has 0 fully saturated rings. The van der Waals surface area contributed by atoms with Gasteiger partial charge in [-0.2, -0.15) is 5.26 Å². The molecule has 1 aliphatic carbocycles. The van der Waals surface area contributed by atoms with Gasteiger partial charge in [0, 0.05) is 21.8 Å². The van der Waals surface area contributed by atoms with E-state index in [-0.39, 0.29) is 11.7 Å². The van der Waals surface area contributed by atoms with Gasteiger partial charge in [0.1, 0.15) is 16.8 Å². The number of aromatic nitrogens is 1. The molecule has 0 spiro atoms. The summed E-state index contributed by atoms with van der Waals surface area (Å²) >= 11 is 2.96. The molecule has 0 bridgehead atoms. The number of nitrogens with zero attached hydrogens (tertiary/aromatic N) is 2. The van der Waals surface area contributed by atoms with Gasteiger partial charge >= 0.3 is 0 Å². The van der Waals surface area contributed by atoms with Gasteiger partial charge < -0.3 is 10.1 Å². The lowest BCUT2D eigenvalue weighted by Crippen LogP contribution is -2.15. The number of anilines is 1. The Morgan fingerprint density at radius 2 is 2.07 bits per heavy atom. The first-order chi connectivity index (χ1) is 14.7. The fourth-order valence-electron chi connectivity index (χ4n) is 3.62. The fraction of sp³-hybridized carbons (Fsp3) is 0.261. The molecule has 152 valence electrons. The maximum Gasteiger partial charge on any atom is 0.234 e. The Hall–Kier alpha value is -2.82. The molecule has 0 saturated heterocycles. The number of ether oxygens (including phenoxy) is 1. The van der Waals surface area contributed by atoms with E-state index in [2.05, 4.69) is 17.5 Å². The van der Waals surface area contributed by atoms with Crippen LogP contribution in [0.25, 0.3) is 10.4 Å². The molecule has 5 nitrogen and oxygen atoms in total. The summed E-state index contributed by atoms with van der Waals surface area (Å²) in [6, 6.07) is 13.6. The first-order valence-corrected chi connectivity index (χ1v) is 11.6. The number of hydrogen-bond donors (Lipinski definition) is 1. The van der Waals surface area contributed by atoms with Gasteiger partial charge in [-0.15, -0.1) is 11.3 Å². The Bertz CT molecular complexity index is 1090. The number of benzene rings is 1. The number of hydrogen-bond acceptors (Lipinski definition) is 6. The number of methoxy groups -OCH3 is 1. The highest BCUT2D eigenvalue weighted by atomic mass is 32.2. The summed E-state index contributed by atoms with van der Waals surface area (Å²) in [6.07, 6.45) is 4.10. The number of carbonyl (C=O) groups excluding carboxylic acids is 1. The lowest BCUT2D eigenvalue weighted by molar-refractivity contribution is -0.113. The van der Waals surface area contributed by atoms with Crippen molar-refractivity contribution in [1.29, 1.82) is 5.26 Å². The summed E-state index contributed by atoms with van der Waals surface area (Å²) in [5.74, 6) is 0.794. The number of pyridine rings is 1. The van der Waals surface area contributed by atoms with Crippen LogP contribution >= 0.6 is 23.1 Å². The molecule has 1 amide bonds. The molecule has 0 atom stereocenters. The smallest absolute Gasteiger partial charge is 0.234 e. The zero-order valence-electron chi connectivity index (χ0n) is 16.6. The van der Waals surface area contributed by atoms with Crippen molar-refractivity contribution in [3.63, 3.8) is 0 Å². The number of amides is 1. The summed E-state index contributed by atoms with van der Waals surface area (Å²) in [4.78, 5) is 18.4. The number of fused-ring (bicyclic) bond motifs is 1. The van der Waals surface area contributed by atoms with Crippen molar-refractivity contribution < 1.29 is 9.53 Å². The third kappa shape index (κ3) is 4.35. The van der Waals surface area contributed by atoms with Crippen molar-refractivity contribution in [2.75, 3.05) is 18.2 Å². The minimum Gasteiger partial charge on any atom is -0.497 e. The van der Waals surface area contributed by atoms with Gasteiger partial charge in [-0.3, -0.25) is 4.79 Å². The Kier molecular flexibility index (Phi) is 6.36. The van der Waals surface area contributed by atoms with Crippen molar-refractivity contribution >= 4 is 34.7 Å². The van der Waals surface area contributed by atoms with E-state index in [4.69, 9.17) is 9.72 Å². The lowest BCUT2D eigenvalue weighted by atomic mass is 9.89. The number of rotatable bonds is 6. The van der Waals surface area contributed by atoms with E-state index >= 15 is 0 Å². The molecule has 2 aromatic heterocycles. The molecule has 1 aliphatic rings. The molecule has 1 aromatic carbocycles. The van der Waals surface area contributed by atoms with Crippen molar-refractivity contribution in [2.24, 2.45) is 0 Å². The van der Waals surface area contributed by atoms with Crippen LogP contribution in [0.4, 0.5) is 5.69 Å². The van der Waals surface area contributed by atoms with Crippen LogP contribution in [0.5, 0.6) is 5.75 Å². The Balaban J connectivity index is 1.57. The highest BCUT2D eigenvalue weighted by molar-refractivity contribution is 8.00. The second-order valence-corrected chi connectivity index (χ2v) is 8.87. The van der Waals surface area contributed by atoms with E-state index in [0.29, 0.717) is 16.3 Å². The summed E-state index contributed by atoms with van der Waals surface area (Å²) in [5.41, 5.74) is 4.57. The van der Waals surface area contributed by atoms with Crippen molar-refractivity contribution in [3.05, 3.63) is 58.6 Å². The molecule has 4 rings (SSSR count). The first-order valence-electron chi connectivity index (χ1n) is 9.76. The maximum absolute atomic E-state index is 12.5. The van der Waals surface area contributed by atoms with Gasteiger partial charge in [-0.1, -0.05) is 17.8 Å². The SMILES string of the molecule is COc1ccc(NC(=O)CSc2nc3c(c(-c4cccs4)c2C#N)CCCC3)cc1. The van der Waals surface area contributed by atoms with Gasteiger partial charge in [0.25, 0.3) is 0 Å². The molecule has 2 heterocycles. The molecule has 0 radical (unpaired) electrons. The fourth-order valence-corrected chi connectivity index (χ4v) is 5.24. The predicted octanol–water partition coefficient (Wildman–Crippen LogP) is 5.30. The van der Waals surface area contributed by atoms with E-state index in [1.165, 1.54) is 17.3 Å². The van der Waals surface area contributed by atoms with E-state index in [0.717, 1.165) is 47.6 Å². The molecule has 0 saturated carbocycles. The average Bonchev–Trinajstić information content (AvgIpc) is 3.31. The molecule has 30 heavy (non-hydrogen) atoms. The van der Waals surface area contributed by atoms with Gasteiger partial charge in [-0.05, 0) is 67.0 Å². The Morgan fingerprint density at radius 1 is 1.27 bits per heavy atom. The average molecular weight is 436 g/mol. The van der Waals surface area contributed by atoms with Gasteiger partial charge in [-0.25, -0.2) is 4.98 Å². The van der Waals surface area contributed by atoms with Crippen LogP contribution in [0, 0.1) is 11.3 Å². The second-order valence-electron chi connectivity index (χ2n) is 6.95. The highest BCUT2D eigenvalue weighted by Crippen LogP contribution is 2.39. The molecule has 1 N–H and O–H groups in total. The number of nitrogens with one attached hydrogen (secondary N) is 1. The van der Waals surface area contributed by atoms with Crippen molar-refractivity contribution in [1.82, 2.24) is 4.98 Å². The van der Waals surface area contributed by atoms with Gasteiger partial charge in [0.05, 0.1) is 18.4 Å². The van der Waals surface area contributed by atoms with Crippen LogP contribution in [0.1, 0.15) is 29.7 Å². The molecule has 0 unspecified atom stereocenters. The van der Waals surface area contributed by atoms with E-state index in [1.807, 2.05) is 11.4 Å². The topological polar surface area (TPSA) is 75.0 Å².